The average molecular weight is 295 g/mol. The number of ketones is 1. The molecule has 0 heterocycles. The van der Waals surface area contributed by atoms with Crippen LogP contribution in [-0.2, 0) is 16.1 Å². The number of allylic oxidation sites excluding steroid dienone is 1. The molecule has 4 heteroatoms. The van der Waals surface area contributed by atoms with Crippen LogP contribution in [0, 0.1) is 0 Å². The Hall–Kier alpha value is -2.88. The van der Waals surface area contributed by atoms with E-state index in [2.05, 4.69) is 5.32 Å². The molecule has 0 spiro atoms. The molecule has 0 aromatic heterocycles. The first kappa shape index (κ1) is 15.5. The highest BCUT2D eigenvalue weighted by Gasteiger charge is 2.06. The number of carbonyl (C=O) groups excluding carboxylic acids is 2. The number of hydrogen-bond acceptors (Lipinski definition) is 3. The molecule has 22 heavy (non-hydrogen) atoms. The van der Waals surface area contributed by atoms with Crippen LogP contribution in [0.15, 0.2) is 60.7 Å². The van der Waals surface area contributed by atoms with E-state index in [1.165, 1.54) is 18.2 Å². The van der Waals surface area contributed by atoms with Crippen LogP contribution in [0.5, 0.6) is 5.75 Å². The van der Waals surface area contributed by atoms with E-state index >= 15 is 0 Å². The predicted molar refractivity (Wildman–Crippen MR) is 85.1 cm³/mol. The van der Waals surface area contributed by atoms with E-state index in [1.54, 1.807) is 18.2 Å². The Morgan fingerprint density at radius 3 is 2.41 bits per heavy atom. The van der Waals surface area contributed by atoms with Crippen LogP contribution in [-0.4, -0.2) is 16.8 Å². The second kappa shape index (κ2) is 7.78. The number of phenolic OH excluding ortho intramolecular Hbond substituents is 1. The Kier molecular flexibility index (Phi) is 5.49. The zero-order valence-electron chi connectivity index (χ0n) is 12.0. The Morgan fingerprint density at radius 2 is 1.68 bits per heavy atom. The van der Waals surface area contributed by atoms with Gasteiger partial charge < -0.3 is 10.4 Å². The van der Waals surface area contributed by atoms with Crippen LogP contribution in [0.4, 0.5) is 0 Å². The lowest BCUT2D eigenvalue weighted by molar-refractivity contribution is -0.126. The molecule has 0 saturated heterocycles. The molecule has 0 aliphatic carbocycles. The third kappa shape index (κ3) is 4.90. The summed E-state index contributed by atoms with van der Waals surface area (Å²) in [4.78, 5) is 23.4. The molecule has 2 aromatic rings. The van der Waals surface area contributed by atoms with Gasteiger partial charge in [-0.15, -0.1) is 0 Å². The van der Waals surface area contributed by atoms with Crippen LogP contribution in [0.25, 0.3) is 6.08 Å². The lowest BCUT2D eigenvalue weighted by atomic mass is 10.1. The van der Waals surface area contributed by atoms with Gasteiger partial charge in [-0.3, -0.25) is 9.59 Å². The van der Waals surface area contributed by atoms with E-state index in [1.807, 2.05) is 30.3 Å². The summed E-state index contributed by atoms with van der Waals surface area (Å²) in [6.07, 6.45) is 2.59. The van der Waals surface area contributed by atoms with Crippen LogP contribution in [0.1, 0.15) is 17.5 Å². The number of phenols is 1. The third-order valence-electron chi connectivity index (χ3n) is 3.05. The van der Waals surface area contributed by atoms with E-state index in [9.17, 15) is 14.7 Å². The maximum absolute atomic E-state index is 11.7. The van der Waals surface area contributed by atoms with Gasteiger partial charge in [-0.2, -0.15) is 0 Å². The first-order chi connectivity index (χ1) is 10.6. The monoisotopic (exact) mass is 295 g/mol. The lowest BCUT2D eigenvalue weighted by Gasteiger charge is -2.03. The minimum absolute atomic E-state index is 0.0973. The molecule has 0 radical (unpaired) electrons. The molecule has 0 saturated carbocycles. The number of aromatic hydroxyl groups is 1. The number of amides is 1. The number of benzene rings is 2. The Labute approximate surface area is 129 Å². The molecular formula is C18H17NO3. The molecule has 2 N–H and O–H groups in total. The van der Waals surface area contributed by atoms with Crippen molar-refractivity contribution in [3.8, 4) is 5.75 Å². The number of nitrogens with one attached hydrogen (secondary N) is 1. The van der Waals surface area contributed by atoms with E-state index in [0.29, 0.717) is 12.1 Å². The third-order valence-corrected chi connectivity index (χ3v) is 3.05. The first-order valence-electron chi connectivity index (χ1n) is 6.94. The molecule has 4 nitrogen and oxygen atoms in total. The number of hydrogen-bond donors (Lipinski definition) is 2. The zero-order valence-corrected chi connectivity index (χ0v) is 12.0. The summed E-state index contributed by atoms with van der Waals surface area (Å²) in [6, 6.07) is 16.2. The standard InChI is InChI=1S/C18H17NO3/c20-16(11-10-15-8-4-5-9-17(15)21)12-18(22)19-13-14-6-2-1-3-7-14/h1-11,21H,12-13H2,(H,19,22). The Morgan fingerprint density at radius 1 is 1.00 bits per heavy atom. The van der Waals surface area contributed by atoms with Crippen molar-refractivity contribution in [2.24, 2.45) is 0 Å². The van der Waals surface area contributed by atoms with E-state index in [0.717, 1.165) is 5.56 Å². The fraction of sp³-hybridized carbons (Fsp3) is 0.111. The fourth-order valence-electron chi connectivity index (χ4n) is 1.89. The number of carbonyl (C=O) groups is 2. The van der Waals surface area contributed by atoms with Crippen molar-refractivity contribution in [2.75, 3.05) is 0 Å². The summed E-state index contributed by atoms with van der Waals surface area (Å²) in [5.41, 5.74) is 1.52. The highest BCUT2D eigenvalue weighted by atomic mass is 16.3. The van der Waals surface area contributed by atoms with Crippen molar-refractivity contribution in [1.29, 1.82) is 0 Å². The van der Waals surface area contributed by atoms with Gasteiger partial charge in [0.1, 0.15) is 5.75 Å². The summed E-state index contributed by atoms with van der Waals surface area (Å²) in [5.74, 6) is -0.537. The van der Waals surface area contributed by atoms with Gasteiger partial charge in [0.25, 0.3) is 0 Å². The van der Waals surface area contributed by atoms with Crippen molar-refractivity contribution in [3.63, 3.8) is 0 Å². The second-order valence-electron chi connectivity index (χ2n) is 4.80. The summed E-state index contributed by atoms with van der Waals surface area (Å²) in [7, 11) is 0. The summed E-state index contributed by atoms with van der Waals surface area (Å²) < 4.78 is 0. The molecule has 2 rings (SSSR count). The second-order valence-corrected chi connectivity index (χ2v) is 4.80. The minimum atomic E-state index is -0.323. The van der Waals surface area contributed by atoms with Gasteiger partial charge in [-0.1, -0.05) is 48.5 Å². The molecule has 0 bridgehead atoms. The smallest absolute Gasteiger partial charge is 0.228 e. The highest BCUT2D eigenvalue weighted by molar-refractivity contribution is 6.05. The summed E-state index contributed by atoms with van der Waals surface area (Å²) in [5, 5.41) is 12.3. The predicted octanol–water partition coefficient (Wildman–Crippen LogP) is 2.68. The normalized spacial score (nSPS) is 10.5. The first-order valence-corrected chi connectivity index (χ1v) is 6.94. The van der Waals surface area contributed by atoms with Crippen LogP contribution in [0.2, 0.25) is 0 Å². The SMILES string of the molecule is O=C(C=Cc1ccccc1O)CC(=O)NCc1ccccc1. The van der Waals surface area contributed by atoms with Crippen molar-refractivity contribution in [2.45, 2.75) is 13.0 Å². The van der Waals surface area contributed by atoms with E-state index in [4.69, 9.17) is 0 Å². The fourth-order valence-corrected chi connectivity index (χ4v) is 1.89. The average Bonchev–Trinajstić information content (AvgIpc) is 2.53. The van der Waals surface area contributed by atoms with E-state index < -0.39 is 0 Å². The Bertz CT molecular complexity index is 678. The molecule has 0 atom stereocenters. The maximum Gasteiger partial charge on any atom is 0.228 e. The maximum atomic E-state index is 11.7. The van der Waals surface area contributed by atoms with Crippen LogP contribution in [0.3, 0.4) is 0 Å². The van der Waals surface area contributed by atoms with Gasteiger partial charge in [0, 0.05) is 12.1 Å². The quantitative estimate of drug-likeness (QED) is 0.636. The van der Waals surface area contributed by atoms with E-state index in [-0.39, 0.29) is 23.9 Å². The minimum Gasteiger partial charge on any atom is -0.507 e. The highest BCUT2D eigenvalue weighted by Crippen LogP contribution is 2.16. The van der Waals surface area contributed by atoms with Crippen molar-refractivity contribution < 1.29 is 14.7 Å². The van der Waals surface area contributed by atoms with Crippen LogP contribution >= 0.6 is 0 Å². The number of rotatable bonds is 6. The molecule has 2 aromatic carbocycles. The molecule has 1 amide bonds. The van der Waals surface area contributed by atoms with Crippen molar-refractivity contribution >= 4 is 17.8 Å². The number of para-hydroxylation sites is 1. The molecule has 0 aliphatic heterocycles. The molecular weight excluding hydrogens is 278 g/mol. The largest absolute Gasteiger partial charge is 0.507 e. The Balaban J connectivity index is 1.81. The van der Waals surface area contributed by atoms with Gasteiger partial charge in [0.05, 0.1) is 6.42 Å². The summed E-state index contributed by atoms with van der Waals surface area (Å²) >= 11 is 0. The molecule has 112 valence electrons. The van der Waals surface area contributed by atoms with Gasteiger partial charge >= 0.3 is 0 Å². The molecule has 0 aliphatic rings. The lowest BCUT2D eigenvalue weighted by Crippen LogP contribution is -2.24. The topological polar surface area (TPSA) is 66.4 Å². The van der Waals surface area contributed by atoms with Crippen LogP contribution < -0.4 is 5.32 Å². The van der Waals surface area contributed by atoms with Crippen molar-refractivity contribution in [3.05, 3.63) is 71.8 Å². The van der Waals surface area contributed by atoms with Gasteiger partial charge in [-0.25, -0.2) is 0 Å². The zero-order chi connectivity index (χ0) is 15.8. The summed E-state index contributed by atoms with van der Waals surface area (Å²) in [6.45, 7) is 0.399. The van der Waals surface area contributed by atoms with Gasteiger partial charge in [0.15, 0.2) is 5.78 Å². The van der Waals surface area contributed by atoms with Gasteiger partial charge in [-0.05, 0) is 23.8 Å². The molecule has 0 unspecified atom stereocenters. The van der Waals surface area contributed by atoms with Gasteiger partial charge in [0.2, 0.25) is 5.91 Å². The van der Waals surface area contributed by atoms with Crippen molar-refractivity contribution in [1.82, 2.24) is 5.32 Å². The molecule has 0 fully saturated rings.